The smallest absolute Gasteiger partial charge is 0.241 e. The summed E-state index contributed by atoms with van der Waals surface area (Å²) in [4.78, 5) is 25.7. The van der Waals surface area contributed by atoms with Crippen molar-refractivity contribution in [3.8, 4) is 0 Å². The predicted molar refractivity (Wildman–Crippen MR) is 142 cm³/mol. The molecule has 196 valence electrons. The van der Waals surface area contributed by atoms with Crippen LogP contribution in [0.15, 0.2) is 12.3 Å². The fourth-order valence-electron chi connectivity index (χ4n) is 6.15. The van der Waals surface area contributed by atoms with Crippen LogP contribution in [0.25, 0.3) is 0 Å². The van der Waals surface area contributed by atoms with Crippen LogP contribution < -0.4 is 10.2 Å². The molecule has 1 aromatic rings. The molecule has 2 fully saturated rings. The van der Waals surface area contributed by atoms with Gasteiger partial charge in [-0.05, 0) is 39.2 Å². The summed E-state index contributed by atoms with van der Waals surface area (Å²) in [7, 11) is 0. The van der Waals surface area contributed by atoms with Gasteiger partial charge in [-0.15, -0.1) is 0 Å². The average Bonchev–Trinajstić information content (AvgIpc) is 3.08. The number of pyridine rings is 1. The summed E-state index contributed by atoms with van der Waals surface area (Å²) in [5, 5.41) is 3.65. The first-order chi connectivity index (χ1) is 16.6. The number of hydrogen-bond donors (Lipinski definition) is 1. The predicted octanol–water partition coefficient (Wildman–Crippen LogP) is 3.38. The highest BCUT2D eigenvalue weighted by Gasteiger charge is 2.40. The Morgan fingerprint density at radius 1 is 1.26 bits per heavy atom. The van der Waals surface area contributed by atoms with Crippen LogP contribution in [-0.2, 0) is 14.9 Å². The van der Waals surface area contributed by atoms with Gasteiger partial charge in [0.1, 0.15) is 0 Å². The Morgan fingerprint density at radius 3 is 2.66 bits per heavy atom. The summed E-state index contributed by atoms with van der Waals surface area (Å²) in [6, 6.07) is 3.69. The van der Waals surface area contributed by atoms with E-state index in [9.17, 15) is 4.79 Å². The van der Waals surface area contributed by atoms with Gasteiger partial charge in [0.25, 0.3) is 0 Å². The molecule has 0 spiro atoms. The molecule has 0 saturated carbocycles. The molecule has 1 amide bonds. The first-order valence-corrected chi connectivity index (χ1v) is 13.7. The number of aromatic nitrogens is 1. The number of anilines is 1. The van der Waals surface area contributed by atoms with E-state index in [1.54, 1.807) is 0 Å². The molecule has 3 aliphatic heterocycles. The Kier molecular flexibility index (Phi) is 8.21. The first-order valence-electron chi connectivity index (χ1n) is 13.7. The van der Waals surface area contributed by atoms with E-state index in [1.165, 1.54) is 5.56 Å². The summed E-state index contributed by atoms with van der Waals surface area (Å²) < 4.78 is 5.75. The number of hydrogen-bond acceptors (Lipinski definition) is 6. The number of ether oxygens (including phenoxy) is 1. The molecular weight excluding hydrogens is 438 g/mol. The number of nitrogens with one attached hydrogen (secondary N) is 1. The van der Waals surface area contributed by atoms with E-state index >= 15 is 0 Å². The number of carbonyl (C=O) groups is 1. The lowest BCUT2D eigenvalue weighted by molar-refractivity contribution is -0.121. The van der Waals surface area contributed by atoms with Gasteiger partial charge in [0.15, 0.2) is 0 Å². The summed E-state index contributed by atoms with van der Waals surface area (Å²) in [6.07, 6.45) is 4.28. The monoisotopic (exact) mass is 485 g/mol. The number of morpholine rings is 1. The number of rotatable bonds is 7. The molecule has 35 heavy (non-hydrogen) atoms. The van der Waals surface area contributed by atoms with E-state index in [1.807, 2.05) is 11.1 Å². The Labute approximate surface area is 212 Å². The van der Waals surface area contributed by atoms with Gasteiger partial charge in [-0.25, -0.2) is 0 Å². The molecule has 3 aliphatic rings. The second-order valence-corrected chi connectivity index (χ2v) is 12.0. The van der Waals surface area contributed by atoms with Crippen molar-refractivity contribution in [1.82, 2.24) is 20.1 Å². The molecule has 1 N–H and O–H groups in total. The second-order valence-electron chi connectivity index (χ2n) is 12.0. The van der Waals surface area contributed by atoms with Gasteiger partial charge in [0, 0.05) is 73.2 Å². The van der Waals surface area contributed by atoms with Gasteiger partial charge in [-0.1, -0.05) is 34.1 Å². The highest BCUT2D eigenvalue weighted by Crippen LogP contribution is 2.41. The normalized spacial score (nSPS) is 30.3. The molecule has 1 aromatic heterocycles. The van der Waals surface area contributed by atoms with Gasteiger partial charge in [-0.2, -0.15) is 0 Å². The maximum atomic E-state index is 13.9. The van der Waals surface area contributed by atoms with Crippen molar-refractivity contribution in [2.45, 2.75) is 96.8 Å². The molecule has 4 rings (SSSR count). The lowest BCUT2D eigenvalue weighted by Crippen LogP contribution is -2.63. The molecule has 5 atom stereocenters. The van der Waals surface area contributed by atoms with Crippen molar-refractivity contribution in [1.29, 1.82) is 0 Å². The van der Waals surface area contributed by atoms with Crippen molar-refractivity contribution in [2.24, 2.45) is 0 Å². The Bertz CT molecular complexity index is 880. The quantitative estimate of drug-likeness (QED) is 0.639. The van der Waals surface area contributed by atoms with Gasteiger partial charge >= 0.3 is 0 Å². The third kappa shape index (κ3) is 5.74. The lowest BCUT2D eigenvalue weighted by Gasteiger charge is -2.46. The van der Waals surface area contributed by atoms with Crippen molar-refractivity contribution in [3.05, 3.63) is 23.5 Å². The molecule has 2 saturated heterocycles. The highest BCUT2D eigenvalue weighted by molar-refractivity contribution is 5.97. The molecule has 0 aromatic carbocycles. The topological polar surface area (TPSA) is 60.9 Å². The van der Waals surface area contributed by atoms with Gasteiger partial charge in [0.2, 0.25) is 5.91 Å². The Morgan fingerprint density at radius 2 is 1.97 bits per heavy atom. The number of piperazine rings is 1. The second kappa shape index (κ2) is 10.8. The SMILES string of the molecule is CCCC(C)c1cc2c(cn1)C(C)(C)CN2C(=O)CN1C[C@@H](C)NC[C@@H]1CN1[C@H](C)COC[C@H]1C. The molecule has 7 nitrogen and oxygen atoms in total. The van der Waals surface area contributed by atoms with Crippen LogP contribution in [0.1, 0.15) is 78.5 Å². The van der Waals surface area contributed by atoms with Crippen molar-refractivity contribution in [2.75, 3.05) is 50.8 Å². The third-order valence-electron chi connectivity index (χ3n) is 8.34. The standard InChI is InChI=1S/C28H47N5O2/c1-8-9-19(2)25-10-26-24(12-30-25)28(6,7)18-33(26)27(34)15-31-13-20(3)29-11-23(31)14-32-21(4)16-35-17-22(32)5/h10,12,19-23,29H,8-9,11,13-18H2,1-7H3/t19?,20-,21-,22-,23-/m1/s1. The van der Waals surface area contributed by atoms with Gasteiger partial charge < -0.3 is 15.0 Å². The van der Waals surface area contributed by atoms with Crippen LogP contribution in [0.5, 0.6) is 0 Å². The molecular formula is C28H47N5O2. The van der Waals surface area contributed by atoms with Crippen LogP contribution in [0.3, 0.4) is 0 Å². The van der Waals surface area contributed by atoms with E-state index in [4.69, 9.17) is 9.72 Å². The van der Waals surface area contributed by atoms with Crippen LogP contribution in [0, 0.1) is 0 Å². The van der Waals surface area contributed by atoms with Gasteiger partial charge in [0.05, 0.1) is 25.4 Å². The Balaban J connectivity index is 1.52. The zero-order valence-electron chi connectivity index (χ0n) is 23.0. The van der Waals surface area contributed by atoms with E-state index in [0.29, 0.717) is 36.6 Å². The minimum atomic E-state index is -0.0840. The summed E-state index contributed by atoms with van der Waals surface area (Å²) in [6.45, 7) is 21.1. The molecule has 0 bridgehead atoms. The number of amides is 1. The fraction of sp³-hybridized carbons (Fsp3) is 0.786. The Hall–Kier alpha value is -1.54. The minimum absolute atomic E-state index is 0.0840. The summed E-state index contributed by atoms with van der Waals surface area (Å²) in [5.41, 5.74) is 3.28. The maximum Gasteiger partial charge on any atom is 0.241 e. The molecule has 4 heterocycles. The number of nitrogens with zero attached hydrogens (tertiary/aromatic N) is 4. The van der Waals surface area contributed by atoms with Crippen molar-refractivity contribution in [3.63, 3.8) is 0 Å². The maximum absolute atomic E-state index is 13.9. The highest BCUT2D eigenvalue weighted by atomic mass is 16.5. The van der Waals surface area contributed by atoms with Crippen LogP contribution >= 0.6 is 0 Å². The van der Waals surface area contributed by atoms with E-state index in [-0.39, 0.29) is 11.3 Å². The van der Waals surface area contributed by atoms with Crippen LogP contribution in [0.4, 0.5) is 5.69 Å². The van der Waals surface area contributed by atoms with Gasteiger partial charge in [-0.3, -0.25) is 19.6 Å². The zero-order chi connectivity index (χ0) is 25.3. The summed E-state index contributed by atoms with van der Waals surface area (Å²) >= 11 is 0. The molecule has 7 heteroatoms. The zero-order valence-corrected chi connectivity index (χ0v) is 23.0. The third-order valence-corrected chi connectivity index (χ3v) is 8.34. The summed E-state index contributed by atoms with van der Waals surface area (Å²) in [5.74, 6) is 0.612. The largest absolute Gasteiger partial charge is 0.378 e. The number of carbonyl (C=O) groups excluding carboxylic acids is 1. The van der Waals surface area contributed by atoms with Crippen molar-refractivity contribution >= 4 is 11.6 Å². The first kappa shape index (κ1) is 26.5. The molecule has 0 aliphatic carbocycles. The van der Waals surface area contributed by atoms with Crippen LogP contribution in [-0.4, -0.2) is 90.8 Å². The van der Waals surface area contributed by atoms with Crippen molar-refractivity contribution < 1.29 is 9.53 Å². The molecule has 0 radical (unpaired) electrons. The molecule has 1 unspecified atom stereocenters. The lowest BCUT2D eigenvalue weighted by atomic mass is 9.87. The van der Waals surface area contributed by atoms with Crippen LogP contribution in [0.2, 0.25) is 0 Å². The minimum Gasteiger partial charge on any atom is -0.378 e. The van der Waals surface area contributed by atoms with E-state index < -0.39 is 0 Å². The fourth-order valence-corrected chi connectivity index (χ4v) is 6.15. The van der Waals surface area contributed by atoms with E-state index in [2.05, 4.69) is 69.6 Å². The van der Waals surface area contributed by atoms with E-state index in [0.717, 1.165) is 63.6 Å². The average molecular weight is 486 g/mol. The number of fused-ring (bicyclic) bond motifs is 1.